The van der Waals surface area contributed by atoms with Crippen molar-refractivity contribution in [3.63, 3.8) is 0 Å². The number of halogens is 2. The standard InChI is InChI=1S/C26H33BrClN3O4S/c1-20-17-22(5-8-24(20)28)35-19-26(18-25(32)30-15-13-29(2)14-16-30)9-11-31(12-10-26)36(33,34)23-6-3-21(27)4-7-23/h3-8,17H,9-16,18-19H2,1-2H3. The molecule has 0 aliphatic carbocycles. The molecule has 1 amide bonds. The lowest BCUT2D eigenvalue weighted by molar-refractivity contribution is -0.136. The number of sulfonamides is 1. The summed E-state index contributed by atoms with van der Waals surface area (Å²) in [5.74, 6) is 0.816. The first-order valence-electron chi connectivity index (χ1n) is 12.2. The van der Waals surface area contributed by atoms with Crippen molar-refractivity contribution >= 4 is 43.5 Å². The maximum atomic E-state index is 13.3. The van der Waals surface area contributed by atoms with E-state index in [0.717, 1.165) is 23.1 Å². The van der Waals surface area contributed by atoms with Crippen LogP contribution in [-0.4, -0.2) is 81.4 Å². The summed E-state index contributed by atoms with van der Waals surface area (Å²) in [6.45, 7) is 6.11. The average molecular weight is 599 g/mol. The number of ether oxygens (including phenoxy) is 1. The SMILES string of the molecule is Cc1cc(OCC2(CC(=O)N3CCN(C)CC3)CCN(S(=O)(=O)c3ccc(Br)cc3)CC2)ccc1Cl. The molecule has 196 valence electrons. The third kappa shape index (κ3) is 6.42. The van der Waals surface area contributed by atoms with Gasteiger partial charge in [0.15, 0.2) is 0 Å². The van der Waals surface area contributed by atoms with Gasteiger partial charge in [-0.25, -0.2) is 8.42 Å². The molecule has 2 saturated heterocycles. The van der Waals surface area contributed by atoms with Crippen molar-refractivity contribution in [2.45, 2.75) is 31.1 Å². The quantitative estimate of drug-likeness (QED) is 0.472. The lowest BCUT2D eigenvalue weighted by Crippen LogP contribution is -2.51. The van der Waals surface area contributed by atoms with Crippen LogP contribution in [0.2, 0.25) is 5.02 Å². The van der Waals surface area contributed by atoms with Gasteiger partial charge in [0.2, 0.25) is 15.9 Å². The highest BCUT2D eigenvalue weighted by Crippen LogP contribution is 2.38. The van der Waals surface area contributed by atoms with E-state index in [9.17, 15) is 13.2 Å². The number of carbonyl (C=O) groups is 1. The molecule has 2 aliphatic heterocycles. The van der Waals surface area contributed by atoms with E-state index in [1.54, 1.807) is 24.3 Å². The van der Waals surface area contributed by atoms with E-state index in [1.807, 2.05) is 30.0 Å². The number of benzene rings is 2. The number of amides is 1. The Balaban J connectivity index is 1.49. The molecule has 2 aliphatic rings. The molecule has 2 fully saturated rings. The number of hydrogen-bond acceptors (Lipinski definition) is 5. The van der Waals surface area contributed by atoms with Gasteiger partial charge in [0.1, 0.15) is 5.75 Å². The second-order valence-corrected chi connectivity index (χ2v) is 13.2. The van der Waals surface area contributed by atoms with E-state index in [1.165, 1.54) is 4.31 Å². The first-order valence-corrected chi connectivity index (χ1v) is 14.8. The highest BCUT2D eigenvalue weighted by molar-refractivity contribution is 9.10. The van der Waals surface area contributed by atoms with Gasteiger partial charge in [-0.05, 0) is 74.8 Å². The monoisotopic (exact) mass is 597 g/mol. The fourth-order valence-corrected chi connectivity index (χ4v) is 6.58. The Morgan fingerprint density at radius 3 is 2.28 bits per heavy atom. The number of rotatable bonds is 7. The summed E-state index contributed by atoms with van der Waals surface area (Å²) in [6.07, 6.45) is 1.44. The average Bonchev–Trinajstić information content (AvgIpc) is 2.86. The zero-order valence-corrected chi connectivity index (χ0v) is 23.9. The number of piperidine rings is 1. The van der Waals surface area contributed by atoms with Gasteiger partial charge in [0.05, 0.1) is 11.5 Å². The van der Waals surface area contributed by atoms with Crippen molar-refractivity contribution in [1.29, 1.82) is 0 Å². The number of nitrogens with zero attached hydrogens (tertiary/aromatic N) is 3. The predicted molar refractivity (Wildman–Crippen MR) is 145 cm³/mol. The maximum absolute atomic E-state index is 13.3. The van der Waals surface area contributed by atoms with Crippen LogP contribution < -0.4 is 4.74 Å². The molecule has 2 aromatic carbocycles. The Labute approximate surface area is 227 Å². The maximum Gasteiger partial charge on any atom is 0.243 e. The van der Waals surface area contributed by atoms with Crippen LogP contribution in [0.1, 0.15) is 24.8 Å². The topological polar surface area (TPSA) is 70.2 Å². The molecule has 36 heavy (non-hydrogen) atoms. The minimum Gasteiger partial charge on any atom is -0.493 e. The van der Waals surface area contributed by atoms with E-state index < -0.39 is 15.4 Å². The summed E-state index contributed by atoms with van der Waals surface area (Å²) in [5.41, 5.74) is 0.479. The van der Waals surface area contributed by atoms with Crippen LogP contribution >= 0.6 is 27.5 Å². The van der Waals surface area contributed by atoms with Crippen LogP contribution in [0.15, 0.2) is 51.8 Å². The molecule has 0 saturated carbocycles. The molecule has 2 aromatic rings. The minimum absolute atomic E-state index is 0.114. The number of piperazine rings is 1. The van der Waals surface area contributed by atoms with E-state index >= 15 is 0 Å². The van der Waals surface area contributed by atoms with E-state index in [2.05, 4.69) is 27.9 Å². The number of likely N-dealkylation sites (N-methyl/N-ethyl adjacent to an activating group) is 1. The molecule has 0 aromatic heterocycles. The van der Waals surface area contributed by atoms with Crippen LogP contribution in [0, 0.1) is 12.3 Å². The van der Waals surface area contributed by atoms with Gasteiger partial charge in [-0.2, -0.15) is 4.31 Å². The minimum atomic E-state index is -3.61. The fourth-order valence-electron chi connectivity index (χ4n) is 4.76. The molecular formula is C26H33BrClN3O4S. The fraction of sp³-hybridized carbons (Fsp3) is 0.500. The first-order chi connectivity index (χ1) is 17.1. The summed E-state index contributed by atoms with van der Waals surface area (Å²) in [5, 5.41) is 0.675. The van der Waals surface area contributed by atoms with E-state index in [0.29, 0.717) is 62.8 Å². The van der Waals surface area contributed by atoms with Gasteiger partial charge in [-0.3, -0.25) is 4.79 Å². The lowest BCUT2D eigenvalue weighted by Gasteiger charge is -2.42. The van der Waals surface area contributed by atoms with Crippen LogP contribution in [0.3, 0.4) is 0 Å². The number of hydrogen-bond donors (Lipinski definition) is 0. The highest BCUT2D eigenvalue weighted by Gasteiger charge is 2.41. The van der Waals surface area contributed by atoms with Crippen molar-refractivity contribution in [3.8, 4) is 5.75 Å². The third-order valence-electron chi connectivity index (χ3n) is 7.29. The van der Waals surface area contributed by atoms with Gasteiger partial charge >= 0.3 is 0 Å². The third-order valence-corrected chi connectivity index (χ3v) is 10.2. The Hall–Kier alpha value is -1.65. The van der Waals surface area contributed by atoms with Crippen LogP contribution in [-0.2, 0) is 14.8 Å². The van der Waals surface area contributed by atoms with Crippen LogP contribution in [0.4, 0.5) is 0 Å². The van der Waals surface area contributed by atoms with Gasteiger partial charge < -0.3 is 14.5 Å². The molecule has 2 heterocycles. The predicted octanol–water partition coefficient (Wildman–Crippen LogP) is 4.42. The molecule has 0 radical (unpaired) electrons. The van der Waals surface area contributed by atoms with Crippen LogP contribution in [0.25, 0.3) is 0 Å². The summed E-state index contributed by atoms with van der Waals surface area (Å²) in [4.78, 5) is 17.7. The molecule has 0 N–H and O–H groups in total. The van der Waals surface area contributed by atoms with Crippen molar-refractivity contribution in [2.75, 3.05) is 52.9 Å². The summed E-state index contributed by atoms with van der Waals surface area (Å²) < 4.78 is 35.0. The normalized spacial score (nSPS) is 19.3. The smallest absolute Gasteiger partial charge is 0.243 e. The van der Waals surface area contributed by atoms with Gasteiger partial charge in [0, 0.05) is 60.6 Å². The Morgan fingerprint density at radius 2 is 1.67 bits per heavy atom. The molecule has 4 rings (SSSR count). The second kappa shape index (κ2) is 11.4. The Bertz CT molecular complexity index is 1180. The second-order valence-electron chi connectivity index (χ2n) is 9.92. The van der Waals surface area contributed by atoms with E-state index in [4.69, 9.17) is 16.3 Å². The summed E-state index contributed by atoms with van der Waals surface area (Å²) in [7, 11) is -1.54. The zero-order chi connectivity index (χ0) is 25.9. The largest absolute Gasteiger partial charge is 0.493 e. The molecule has 0 spiro atoms. The van der Waals surface area contributed by atoms with Gasteiger partial charge in [-0.1, -0.05) is 27.5 Å². The lowest BCUT2D eigenvalue weighted by atomic mass is 9.76. The number of aryl methyl sites for hydroxylation is 1. The van der Waals surface area contributed by atoms with Crippen LogP contribution in [0.5, 0.6) is 5.75 Å². The van der Waals surface area contributed by atoms with Crippen molar-refractivity contribution in [2.24, 2.45) is 5.41 Å². The van der Waals surface area contributed by atoms with Crippen molar-refractivity contribution < 1.29 is 17.9 Å². The molecular weight excluding hydrogens is 566 g/mol. The highest BCUT2D eigenvalue weighted by atomic mass is 79.9. The van der Waals surface area contributed by atoms with Gasteiger partial charge in [-0.15, -0.1) is 0 Å². The zero-order valence-electron chi connectivity index (χ0n) is 20.8. The molecule has 0 atom stereocenters. The molecule has 0 unspecified atom stereocenters. The Kier molecular flexibility index (Phi) is 8.67. The van der Waals surface area contributed by atoms with Crippen molar-refractivity contribution in [1.82, 2.24) is 14.1 Å². The number of carbonyl (C=O) groups excluding carboxylic acids is 1. The molecule has 7 nitrogen and oxygen atoms in total. The van der Waals surface area contributed by atoms with Gasteiger partial charge in [0.25, 0.3) is 0 Å². The summed E-state index contributed by atoms with van der Waals surface area (Å²) in [6, 6.07) is 12.2. The van der Waals surface area contributed by atoms with Crippen molar-refractivity contribution in [3.05, 3.63) is 57.5 Å². The molecule has 10 heteroatoms. The Morgan fingerprint density at radius 1 is 1.03 bits per heavy atom. The van der Waals surface area contributed by atoms with E-state index in [-0.39, 0.29) is 10.8 Å². The first kappa shape index (κ1) is 27.4. The summed E-state index contributed by atoms with van der Waals surface area (Å²) >= 11 is 9.52. The molecule has 0 bridgehead atoms.